The minimum absolute atomic E-state index is 0. The van der Waals surface area contributed by atoms with E-state index in [4.69, 9.17) is 9.73 Å². The fourth-order valence-corrected chi connectivity index (χ4v) is 4.39. The number of rotatable bonds is 8. The Morgan fingerprint density at radius 3 is 2.97 bits per heavy atom. The molecule has 1 saturated heterocycles. The Labute approximate surface area is 201 Å². The van der Waals surface area contributed by atoms with Crippen LogP contribution >= 0.6 is 35.3 Å². The highest BCUT2D eigenvalue weighted by molar-refractivity contribution is 14.0. The predicted molar refractivity (Wildman–Crippen MR) is 138 cm³/mol. The number of hydrogen-bond acceptors (Lipinski definition) is 5. The third-order valence-electron chi connectivity index (χ3n) is 5.07. The van der Waals surface area contributed by atoms with Crippen LogP contribution in [0.5, 0.6) is 5.75 Å². The molecule has 0 radical (unpaired) electrons. The van der Waals surface area contributed by atoms with Crippen LogP contribution in [0.3, 0.4) is 0 Å². The molecule has 1 atom stereocenters. The number of thiazole rings is 1. The van der Waals surface area contributed by atoms with Crippen LogP contribution in [-0.4, -0.2) is 50.3 Å². The summed E-state index contributed by atoms with van der Waals surface area (Å²) in [5, 5.41) is 8.20. The van der Waals surface area contributed by atoms with Crippen LogP contribution in [0.4, 0.5) is 5.69 Å². The number of benzene rings is 1. The number of ether oxygens (including phenoxy) is 1. The van der Waals surface area contributed by atoms with Gasteiger partial charge in [-0.25, -0.2) is 4.98 Å². The predicted octanol–water partition coefficient (Wildman–Crippen LogP) is 4.10. The Balaban J connectivity index is 0.00000320. The topological polar surface area (TPSA) is 61.8 Å². The van der Waals surface area contributed by atoms with Gasteiger partial charge in [0, 0.05) is 61.5 Å². The van der Waals surface area contributed by atoms with E-state index in [2.05, 4.69) is 52.6 Å². The second-order valence-electron chi connectivity index (χ2n) is 7.22. The zero-order valence-electron chi connectivity index (χ0n) is 18.2. The molecule has 1 aliphatic heterocycles. The van der Waals surface area contributed by atoms with E-state index < -0.39 is 0 Å². The molecule has 1 aromatic carbocycles. The molecular weight excluding hydrogens is 509 g/mol. The first kappa shape index (κ1) is 24.7. The van der Waals surface area contributed by atoms with E-state index in [1.54, 1.807) is 18.4 Å². The number of piperidine rings is 1. The van der Waals surface area contributed by atoms with Crippen LogP contribution in [0, 0.1) is 0 Å². The summed E-state index contributed by atoms with van der Waals surface area (Å²) in [6.07, 6.45) is 6.24. The van der Waals surface area contributed by atoms with Crippen molar-refractivity contribution in [2.24, 2.45) is 4.99 Å². The number of aromatic nitrogens is 1. The lowest BCUT2D eigenvalue weighted by atomic mass is 10.0. The zero-order valence-corrected chi connectivity index (χ0v) is 21.3. The fraction of sp³-hybridized carbons (Fsp3) is 0.545. The van der Waals surface area contributed by atoms with Gasteiger partial charge < -0.3 is 20.3 Å². The van der Waals surface area contributed by atoms with Gasteiger partial charge in [-0.15, -0.1) is 35.3 Å². The second kappa shape index (κ2) is 13.0. The van der Waals surface area contributed by atoms with Gasteiger partial charge in [0.05, 0.1) is 12.1 Å². The molecule has 0 amide bonds. The van der Waals surface area contributed by atoms with E-state index in [-0.39, 0.29) is 24.0 Å². The number of halogens is 1. The number of hydrogen-bond donors (Lipinski definition) is 2. The van der Waals surface area contributed by atoms with Crippen molar-refractivity contribution in [2.45, 2.75) is 45.6 Å². The molecule has 1 unspecified atom stereocenters. The molecule has 166 valence electrons. The molecule has 1 aliphatic rings. The van der Waals surface area contributed by atoms with E-state index in [0.717, 1.165) is 63.6 Å². The van der Waals surface area contributed by atoms with Gasteiger partial charge in [0.2, 0.25) is 0 Å². The van der Waals surface area contributed by atoms with Gasteiger partial charge in [-0.1, -0.05) is 13.0 Å². The fourth-order valence-electron chi connectivity index (χ4n) is 3.54. The number of nitrogens with zero attached hydrogens (tertiary/aromatic N) is 3. The Hall–Kier alpha value is -1.55. The minimum Gasteiger partial charge on any atom is -0.497 e. The van der Waals surface area contributed by atoms with Gasteiger partial charge in [-0.2, -0.15) is 0 Å². The molecule has 3 rings (SSSR count). The second-order valence-corrected chi connectivity index (χ2v) is 8.42. The monoisotopic (exact) mass is 543 g/mol. The number of guanidine groups is 1. The van der Waals surface area contributed by atoms with Crippen LogP contribution in [0.1, 0.15) is 36.6 Å². The number of anilines is 1. The highest BCUT2D eigenvalue weighted by atomic mass is 127. The van der Waals surface area contributed by atoms with Crippen LogP contribution < -0.4 is 20.3 Å². The van der Waals surface area contributed by atoms with Crippen molar-refractivity contribution < 1.29 is 4.74 Å². The lowest BCUT2D eigenvalue weighted by Gasteiger charge is -2.35. The number of aryl methyl sites for hydroxylation is 1. The van der Waals surface area contributed by atoms with Gasteiger partial charge in [-0.05, 0) is 38.3 Å². The van der Waals surface area contributed by atoms with E-state index >= 15 is 0 Å². The first-order valence-corrected chi connectivity index (χ1v) is 11.4. The summed E-state index contributed by atoms with van der Waals surface area (Å²) in [4.78, 5) is 13.0. The normalized spacial score (nSPS) is 16.7. The lowest BCUT2D eigenvalue weighted by Crippen LogP contribution is -2.51. The molecule has 1 aromatic heterocycles. The van der Waals surface area contributed by atoms with Crippen molar-refractivity contribution in [2.75, 3.05) is 38.2 Å². The number of methoxy groups -OCH3 is 1. The molecule has 1 fully saturated rings. The van der Waals surface area contributed by atoms with Crippen molar-refractivity contribution in [1.29, 1.82) is 0 Å². The van der Waals surface area contributed by atoms with Gasteiger partial charge in [-0.3, -0.25) is 4.99 Å². The Morgan fingerprint density at radius 2 is 2.23 bits per heavy atom. The minimum atomic E-state index is 0. The van der Waals surface area contributed by atoms with Gasteiger partial charge >= 0.3 is 0 Å². The van der Waals surface area contributed by atoms with Crippen molar-refractivity contribution in [3.63, 3.8) is 0 Å². The first-order chi connectivity index (χ1) is 14.2. The molecule has 2 heterocycles. The van der Waals surface area contributed by atoms with E-state index in [9.17, 15) is 0 Å². The molecule has 2 N–H and O–H groups in total. The molecule has 0 bridgehead atoms. The van der Waals surface area contributed by atoms with E-state index in [1.807, 2.05) is 12.3 Å². The summed E-state index contributed by atoms with van der Waals surface area (Å²) in [6.45, 7) is 7.91. The van der Waals surface area contributed by atoms with Crippen LogP contribution in [0.2, 0.25) is 0 Å². The maximum absolute atomic E-state index is 5.38. The first-order valence-electron chi connectivity index (χ1n) is 10.6. The number of nitrogens with one attached hydrogen (secondary N) is 2. The molecule has 6 nitrogen and oxygen atoms in total. The van der Waals surface area contributed by atoms with Gasteiger partial charge in [0.1, 0.15) is 5.75 Å². The summed E-state index contributed by atoms with van der Waals surface area (Å²) in [5.74, 6) is 1.80. The van der Waals surface area contributed by atoms with E-state index in [1.165, 1.54) is 15.6 Å². The van der Waals surface area contributed by atoms with Crippen molar-refractivity contribution in [1.82, 2.24) is 15.6 Å². The summed E-state index contributed by atoms with van der Waals surface area (Å²) >= 11 is 1.80. The SMILES string of the molecule is CCNC(=NCCc1ncc(CC)s1)NC1CCCN(c2cccc(OC)c2)C1.I. The molecule has 8 heteroatoms. The third-order valence-corrected chi connectivity index (χ3v) is 6.27. The van der Waals surface area contributed by atoms with Crippen LogP contribution in [0.25, 0.3) is 0 Å². The highest BCUT2D eigenvalue weighted by Crippen LogP contribution is 2.24. The molecule has 0 spiro atoms. The summed E-state index contributed by atoms with van der Waals surface area (Å²) in [7, 11) is 1.72. The molecular formula is C22H34IN5OS. The summed E-state index contributed by atoms with van der Waals surface area (Å²) < 4.78 is 5.38. The maximum Gasteiger partial charge on any atom is 0.191 e. The smallest absolute Gasteiger partial charge is 0.191 e. The zero-order chi connectivity index (χ0) is 20.5. The van der Waals surface area contributed by atoms with Crippen LogP contribution in [0.15, 0.2) is 35.5 Å². The highest BCUT2D eigenvalue weighted by Gasteiger charge is 2.21. The standard InChI is InChI=1S/C22H33N5OS.HI/c1-4-20-15-25-21(29-20)11-12-24-22(23-5-2)26-17-8-7-13-27(16-17)18-9-6-10-19(14-18)28-3;/h6,9-10,14-15,17H,4-5,7-8,11-13,16H2,1-3H3,(H2,23,24,26);1H. The third kappa shape index (κ3) is 7.30. The Morgan fingerprint density at radius 1 is 1.37 bits per heavy atom. The lowest BCUT2D eigenvalue weighted by molar-refractivity contribution is 0.414. The van der Waals surface area contributed by atoms with Crippen molar-refractivity contribution in [3.8, 4) is 5.75 Å². The quantitative estimate of drug-likeness (QED) is 0.298. The average molecular weight is 544 g/mol. The molecule has 2 aromatic rings. The van der Waals surface area contributed by atoms with Gasteiger partial charge in [0.25, 0.3) is 0 Å². The van der Waals surface area contributed by atoms with Crippen molar-refractivity contribution in [3.05, 3.63) is 40.3 Å². The summed E-state index contributed by atoms with van der Waals surface area (Å²) in [6, 6.07) is 8.69. The Bertz CT molecular complexity index is 797. The number of aliphatic imine (C=N–C) groups is 1. The molecule has 0 saturated carbocycles. The average Bonchev–Trinajstić information content (AvgIpc) is 3.22. The maximum atomic E-state index is 5.38. The van der Waals surface area contributed by atoms with Crippen LogP contribution in [-0.2, 0) is 12.8 Å². The Kier molecular flexibility index (Phi) is 10.7. The molecule has 30 heavy (non-hydrogen) atoms. The van der Waals surface area contributed by atoms with Crippen molar-refractivity contribution >= 4 is 47.0 Å². The summed E-state index contributed by atoms with van der Waals surface area (Å²) in [5.41, 5.74) is 1.22. The molecule has 0 aliphatic carbocycles. The van der Waals surface area contributed by atoms with Gasteiger partial charge in [0.15, 0.2) is 5.96 Å². The van der Waals surface area contributed by atoms with E-state index in [0.29, 0.717) is 6.04 Å². The largest absolute Gasteiger partial charge is 0.497 e.